The van der Waals surface area contributed by atoms with E-state index in [1.807, 2.05) is 48.5 Å². The van der Waals surface area contributed by atoms with Gasteiger partial charge in [-0.1, -0.05) is 166 Å². The van der Waals surface area contributed by atoms with E-state index in [0.29, 0.717) is 0 Å². The monoisotopic (exact) mass is 1980 g/mol. The molecule has 0 amide bonds. The summed E-state index contributed by atoms with van der Waals surface area (Å²) in [6, 6.07) is 35.0. The van der Waals surface area contributed by atoms with Crippen LogP contribution in [0.1, 0.15) is 301 Å². The van der Waals surface area contributed by atoms with Crippen molar-refractivity contribution in [2.45, 2.75) is 320 Å². The third-order valence-corrected chi connectivity index (χ3v) is 28.6. The van der Waals surface area contributed by atoms with Crippen LogP contribution in [0, 0.1) is 0 Å². The van der Waals surface area contributed by atoms with E-state index < -0.39 is 0 Å². The molecule has 0 aliphatic carbocycles. The van der Waals surface area contributed by atoms with Crippen molar-refractivity contribution in [3.63, 3.8) is 0 Å². The number of nitrogens with zero attached hydrogens (tertiary/aromatic N) is 14. The maximum absolute atomic E-state index is 5.15. The molecule has 0 fully saturated rings. The van der Waals surface area contributed by atoms with Crippen molar-refractivity contribution in [2.75, 3.05) is 0 Å². The molecule has 0 unspecified atom stereocenters. The third kappa shape index (κ3) is 18.7. The fraction of sp³-hybridized carbons (Fsp3) is 0.400. The van der Waals surface area contributed by atoms with Crippen molar-refractivity contribution in [3.8, 4) is 0 Å². The number of aromatic nitrogens is 14. The molecule has 0 aliphatic rings. The predicted molar refractivity (Wildman–Crippen MR) is 571 cm³/mol. The Bertz CT molecular complexity index is 6500. The SMILES string of the molecule is CCc1cc2c(CC)c(CC)c3cc(CC)c(CC)nc3c2nc1CC.CCc1cc2c(CC)c(CC)c3cc(CC)c(CC)nc3c2nc1CC.CCc1cc2c(CC)c(CC)c3cc(CC)c(CC)nc3c2nc1CC.CCc1cc2c(CC)c(CC)c3cc(CC)c(CC)nc3c2nc1CC.[Ru+2].[Ru+2].c1cnc2c(c1)c1nc3c4cccnc4c4ncccc4c3nc1c1cccnc12. The molecule has 19 aromatic rings. The first-order chi connectivity index (χ1) is 65.4. The summed E-state index contributed by atoms with van der Waals surface area (Å²) >= 11 is 0. The van der Waals surface area contributed by atoms with E-state index in [1.54, 1.807) is 24.8 Å². The molecule has 13 aromatic heterocycles. The van der Waals surface area contributed by atoms with Gasteiger partial charge in [0.25, 0.3) is 0 Å². The minimum Gasteiger partial charge on any atom is -0.254 e. The van der Waals surface area contributed by atoms with E-state index in [-0.39, 0.29) is 39.0 Å². The molecular weight excluding hydrogens is 1840 g/mol. The fourth-order valence-corrected chi connectivity index (χ4v) is 21.8. The summed E-state index contributed by atoms with van der Waals surface area (Å²) in [7, 11) is 0. The molecule has 0 atom stereocenters. The topological polar surface area (TPSA) is 180 Å². The molecule has 0 saturated carbocycles. The second-order valence-electron chi connectivity index (χ2n) is 35.5. The number of aryl methyl sites for hydroxylation is 24. The van der Waals surface area contributed by atoms with Crippen LogP contribution in [0.25, 0.3) is 153 Å². The predicted octanol–water partition coefficient (Wildman–Crippen LogP) is 29.6. The van der Waals surface area contributed by atoms with E-state index in [9.17, 15) is 0 Å². The number of fused-ring (bicyclic) bond motifs is 24. The first kappa shape index (κ1) is 102. The van der Waals surface area contributed by atoms with Gasteiger partial charge in [-0.15, -0.1) is 0 Å². The molecule has 6 aromatic carbocycles. The van der Waals surface area contributed by atoms with E-state index in [1.165, 1.54) is 178 Å². The number of hydrogen-bond donors (Lipinski definition) is 0. The molecule has 0 radical (unpaired) electrons. The van der Waals surface area contributed by atoms with Gasteiger partial charge in [-0.05, 0) is 340 Å². The minimum atomic E-state index is 0. The van der Waals surface area contributed by atoms with Crippen LogP contribution in [-0.4, -0.2) is 69.8 Å². The number of pyridine rings is 12. The summed E-state index contributed by atoms with van der Waals surface area (Å²) in [6.07, 6.45) is 31.6. The molecular formula is C120H140N14Ru2+4. The normalized spacial score (nSPS) is 11.5. The van der Waals surface area contributed by atoms with Crippen molar-refractivity contribution in [1.82, 2.24) is 69.8 Å². The van der Waals surface area contributed by atoms with Gasteiger partial charge in [0.1, 0.15) is 0 Å². The van der Waals surface area contributed by atoms with Crippen LogP contribution in [0.4, 0.5) is 0 Å². The van der Waals surface area contributed by atoms with Crippen molar-refractivity contribution in [3.05, 3.63) is 256 Å². The Hall–Kier alpha value is -10.9. The fourth-order valence-electron chi connectivity index (χ4n) is 21.8. The molecule has 19 rings (SSSR count). The first-order valence-corrected chi connectivity index (χ1v) is 51.3. The first-order valence-electron chi connectivity index (χ1n) is 51.3. The smallest absolute Gasteiger partial charge is 0.254 e. The summed E-state index contributed by atoms with van der Waals surface area (Å²) in [4.78, 5) is 69.8. The Balaban J connectivity index is 0.000000144. The molecule has 702 valence electrons. The zero-order chi connectivity index (χ0) is 95.0. The van der Waals surface area contributed by atoms with E-state index >= 15 is 0 Å². The maximum atomic E-state index is 5.15. The van der Waals surface area contributed by atoms with Crippen LogP contribution in [0.15, 0.2) is 122 Å². The second kappa shape index (κ2) is 45.6. The van der Waals surface area contributed by atoms with Crippen LogP contribution in [0.3, 0.4) is 0 Å². The van der Waals surface area contributed by atoms with Gasteiger partial charge in [0.15, 0.2) is 0 Å². The quantitative estimate of drug-likeness (QED) is 0.0317. The van der Waals surface area contributed by atoms with Crippen LogP contribution in [0.5, 0.6) is 0 Å². The summed E-state index contributed by atoms with van der Waals surface area (Å²) in [5.74, 6) is 0. The molecule has 136 heavy (non-hydrogen) atoms. The van der Waals surface area contributed by atoms with Crippen molar-refractivity contribution in [1.29, 1.82) is 0 Å². The van der Waals surface area contributed by atoms with Crippen LogP contribution in [0.2, 0.25) is 0 Å². The van der Waals surface area contributed by atoms with Crippen LogP contribution >= 0.6 is 0 Å². The molecule has 14 nitrogen and oxygen atoms in total. The second-order valence-corrected chi connectivity index (χ2v) is 35.5. The number of rotatable bonds is 24. The van der Waals surface area contributed by atoms with Gasteiger partial charge in [0, 0.05) is 135 Å². The molecule has 13 heterocycles. The zero-order valence-electron chi connectivity index (χ0n) is 85.5. The van der Waals surface area contributed by atoms with Gasteiger partial charge in [-0.25, -0.2) is 9.97 Å². The average molecular weight is 1980 g/mol. The Morgan fingerprint density at radius 3 is 0.375 bits per heavy atom. The molecule has 16 heteroatoms. The minimum absolute atomic E-state index is 0. The largest absolute Gasteiger partial charge is 2.00 e. The van der Waals surface area contributed by atoms with Gasteiger partial charge < -0.3 is 0 Å². The van der Waals surface area contributed by atoms with E-state index in [0.717, 1.165) is 264 Å². The zero-order valence-corrected chi connectivity index (χ0v) is 89.0. The van der Waals surface area contributed by atoms with Gasteiger partial charge in [0.05, 0.1) is 88.3 Å². The molecule has 0 aliphatic heterocycles. The Kier molecular flexibility index (Phi) is 34.3. The molecule has 0 spiro atoms. The van der Waals surface area contributed by atoms with Crippen LogP contribution in [-0.2, 0) is 193 Å². The van der Waals surface area contributed by atoms with Gasteiger partial charge >= 0.3 is 39.0 Å². The van der Waals surface area contributed by atoms with E-state index in [2.05, 4.69) is 235 Å². The standard InChI is InChI=1S/C24H12N6.4C24H32N2.2Ru/c1-5-13-17(25-9-1)18-14(6-2-10-26-18)22-21(13)29-23-15-7-3-11-27-19(15)20-16(24(23)30-22)8-4-12-28-20;4*1-7-15-13-19-17(9-3)18(10-4)20-14-16(8-2)22(12-6)26-24(20)23(19)25-21(15)11-5;;/h1-12H;4*13-14H,7-12H2,1-6H3;;/q;;;;;2*+2. The summed E-state index contributed by atoms with van der Waals surface area (Å²) < 4.78 is 0. The van der Waals surface area contributed by atoms with Gasteiger partial charge in [-0.3, -0.25) is 59.8 Å². The Labute approximate surface area is 832 Å². The van der Waals surface area contributed by atoms with Crippen molar-refractivity contribution >= 4 is 153 Å². The van der Waals surface area contributed by atoms with Gasteiger partial charge in [-0.2, -0.15) is 0 Å². The molecule has 0 N–H and O–H groups in total. The summed E-state index contributed by atoms with van der Waals surface area (Å²) in [5.41, 5.74) is 48.1. The summed E-state index contributed by atoms with van der Waals surface area (Å²) in [5, 5.41) is 14.4. The number of benzene rings is 6. The van der Waals surface area contributed by atoms with E-state index in [4.69, 9.17) is 49.8 Å². The van der Waals surface area contributed by atoms with Crippen molar-refractivity contribution < 1.29 is 39.0 Å². The maximum Gasteiger partial charge on any atom is 2.00 e. The van der Waals surface area contributed by atoms with Crippen molar-refractivity contribution in [2.24, 2.45) is 0 Å². The summed E-state index contributed by atoms with van der Waals surface area (Å²) in [6.45, 7) is 53.7. The number of hydrogen-bond acceptors (Lipinski definition) is 14. The Morgan fingerprint density at radius 1 is 0.140 bits per heavy atom. The van der Waals surface area contributed by atoms with Gasteiger partial charge in [0.2, 0.25) is 0 Å². The third-order valence-electron chi connectivity index (χ3n) is 28.6. The molecule has 0 bridgehead atoms. The van der Waals surface area contributed by atoms with Crippen LogP contribution < -0.4 is 0 Å². The average Bonchev–Trinajstić information content (AvgIpc) is 0.716. The molecule has 0 saturated heterocycles. The Morgan fingerprint density at radius 2 is 0.265 bits per heavy atom.